The Kier molecular flexibility index (Phi) is 12.8. The van der Waals surface area contributed by atoms with E-state index in [0.29, 0.717) is 6.42 Å². The van der Waals surface area contributed by atoms with E-state index in [1.807, 2.05) is 6.92 Å². The minimum atomic E-state index is -1.30. The van der Waals surface area contributed by atoms with E-state index in [4.69, 9.17) is 14.2 Å². The molecule has 25 heavy (non-hydrogen) atoms. The molecule has 0 fully saturated rings. The first kappa shape index (κ1) is 24.1. The lowest BCUT2D eigenvalue weighted by molar-refractivity contribution is -0.389. The van der Waals surface area contributed by atoms with Gasteiger partial charge in [0.15, 0.2) is 0 Å². The number of carbonyl (C=O) groups is 1. The number of hydrogen-bond acceptors (Lipinski definition) is 4. The molecule has 148 valence electrons. The van der Waals surface area contributed by atoms with Crippen LogP contribution in [0.3, 0.4) is 0 Å². The molecule has 0 aromatic carbocycles. The third-order valence-electron chi connectivity index (χ3n) is 4.71. The number of carbonyl (C=O) groups excluding carboxylic acids is 1. The molecular weight excluding hydrogens is 318 g/mol. The third-order valence-corrected chi connectivity index (χ3v) is 4.71. The Balaban J connectivity index is 5.36. The lowest BCUT2D eigenvalue weighted by Gasteiger charge is -2.47. The van der Waals surface area contributed by atoms with Crippen molar-refractivity contribution in [3.8, 4) is 0 Å². The molecule has 0 aromatic heterocycles. The molecule has 0 bridgehead atoms. The van der Waals surface area contributed by atoms with Gasteiger partial charge < -0.3 is 19.5 Å². The van der Waals surface area contributed by atoms with Gasteiger partial charge in [0.2, 0.25) is 5.91 Å². The van der Waals surface area contributed by atoms with E-state index in [1.165, 1.54) is 31.8 Å². The molecule has 5 nitrogen and oxygen atoms in total. The Bertz CT molecular complexity index is 372. The molecule has 0 aliphatic carbocycles. The Morgan fingerprint density at radius 1 is 0.880 bits per heavy atom. The smallest absolute Gasteiger partial charge is 0.306 e. The zero-order valence-electron chi connectivity index (χ0n) is 17.2. The van der Waals surface area contributed by atoms with Gasteiger partial charge in [-0.3, -0.25) is 4.79 Å². The van der Waals surface area contributed by atoms with Crippen LogP contribution >= 0.6 is 0 Å². The van der Waals surface area contributed by atoms with E-state index >= 15 is 0 Å². The van der Waals surface area contributed by atoms with Crippen LogP contribution in [0.25, 0.3) is 0 Å². The number of rotatable bonds is 15. The van der Waals surface area contributed by atoms with E-state index in [9.17, 15) is 4.79 Å². The van der Waals surface area contributed by atoms with Crippen LogP contribution in [0.4, 0.5) is 0 Å². The van der Waals surface area contributed by atoms with Crippen molar-refractivity contribution in [3.05, 3.63) is 12.2 Å². The third kappa shape index (κ3) is 7.08. The molecule has 1 unspecified atom stereocenters. The van der Waals surface area contributed by atoms with E-state index in [-0.39, 0.29) is 5.91 Å². The number of hydrogen-bond donors (Lipinski definition) is 1. The van der Waals surface area contributed by atoms with Crippen molar-refractivity contribution in [1.82, 2.24) is 5.32 Å². The molecular formula is C20H39NO4. The summed E-state index contributed by atoms with van der Waals surface area (Å²) >= 11 is 0. The topological polar surface area (TPSA) is 56.8 Å². The second-order valence-electron chi connectivity index (χ2n) is 6.51. The predicted octanol–water partition coefficient (Wildman–Crippen LogP) is 4.56. The number of amides is 1. The van der Waals surface area contributed by atoms with Gasteiger partial charge in [-0.25, -0.2) is 0 Å². The monoisotopic (exact) mass is 357 g/mol. The average Bonchev–Trinajstić information content (AvgIpc) is 2.60. The second kappa shape index (κ2) is 13.3. The van der Waals surface area contributed by atoms with Gasteiger partial charge in [0.05, 0.1) is 0 Å². The van der Waals surface area contributed by atoms with Crippen LogP contribution in [0.5, 0.6) is 0 Å². The average molecular weight is 358 g/mol. The second-order valence-corrected chi connectivity index (χ2v) is 6.51. The van der Waals surface area contributed by atoms with E-state index in [2.05, 4.69) is 19.2 Å². The standard InChI is InChI=1S/C20H39NO4/c1-7-10-11-12-13-14-17-19(16-9-3,21-18(22)15-8-2)20(23-4,24-5)25-6/h8,15H,7,9-14,16-17H2,1-6H3,(H,21,22). The first-order valence-electron chi connectivity index (χ1n) is 9.61. The van der Waals surface area contributed by atoms with Gasteiger partial charge in [0.1, 0.15) is 5.54 Å². The summed E-state index contributed by atoms with van der Waals surface area (Å²) in [5.74, 6) is -1.46. The maximum Gasteiger partial charge on any atom is 0.306 e. The number of methoxy groups -OCH3 is 3. The molecule has 5 heteroatoms. The first-order valence-corrected chi connectivity index (χ1v) is 9.61. The maximum atomic E-state index is 12.3. The molecule has 0 aliphatic rings. The summed E-state index contributed by atoms with van der Waals surface area (Å²) in [7, 11) is 4.67. The molecule has 0 radical (unpaired) electrons. The fourth-order valence-corrected chi connectivity index (χ4v) is 3.53. The van der Waals surface area contributed by atoms with Crippen molar-refractivity contribution in [2.24, 2.45) is 0 Å². The molecule has 1 atom stereocenters. The first-order chi connectivity index (χ1) is 12.0. The van der Waals surface area contributed by atoms with Crippen LogP contribution in [0.2, 0.25) is 0 Å². The van der Waals surface area contributed by atoms with Gasteiger partial charge in [-0.15, -0.1) is 0 Å². The Morgan fingerprint density at radius 3 is 1.92 bits per heavy atom. The summed E-state index contributed by atoms with van der Waals surface area (Å²) in [4.78, 5) is 12.3. The number of unbranched alkanes of at least 4 members (excludes halogenated alkanes) is 5. The van der Waals surface area contributed by atoms with Crippen molar-refractivity contribution in [3.63, 3.8) is 0 Å². The summed E-state index contributed by atoms with van der Waals surface area (Å²) in [6.45, 7) is 6.13. The van der Waals surface area contributed by atoms with E-state index < -0.39 is 11.5 Å². The minimum absolute atomic E-state index is 0.155. The van der Waals surface area contributed by atoms with Gasteiger partial charge in [0.25, 0.3) is 0 Å². The molecule has 0 aliphatic heterocycles. The summed E-state index contributed by atoms with van der Waals surface area (Å²) in [5, 5.41) is 3.13. The van der Waals surface area contributed by atoms with Crippen molar-refractivity contribution >= 4 is 5.91 Å². The number of ether oxygens (including phenoxy) is 3. The molecule has 0 heterocycles. The predicted molar refractivity (Wildman–Crippen MR) is 102 cm³/mol. The molecule has 0 saturated heterocycles. The zero-order valence-corrected chi connectivity index (χ0v) is 17.2. The number of nitrogens with one attached hydrogen (secondary N) is 1. The van der Waals surface area contributed by atoms with E-state index in [0.717, 1.165) is 25.7 Å². The fraction of sp³-hybridized carbons (Fsp3) is 0.850. The van der Waals surface area contributed by atoms with Gasteiger partial charge >= 0.3 is 5.97 Å². The quantitative estimate of drug-likeness (QED) is 0.265. The molecule has 1 N–H and O–H groups in total. The summed E-state index contributed by atoms with van der Waals surface area (Å²) in [6.07, 6.45) is 12.7. The highest BCUT2D eigenvalue weighted by molar-refractivity contribution is 5.88. The van der Waals surface area contributed by atoms with E-state index in [1.54, 1.807) is 27.4 Å². The number of allylic oxidation sites excluding steroid dienone is 1. The Labute approximate surface area is 154 Å². The molecule has 0 aromatic rings. The molecule has 1 amide bonds. The molecule has 0 spiro atoms. The van der Waals surface area contributed by atoms with Crippen LogP contribution in [0.1, 0.15) is 78.6 Å². The van der Waals surface area contributed by atoms with Gasteiger partial charge in [0, 0.05) is 21.3 Å². The summed E-state index contributed by atoms with van der Waals surface area (Å²) in [5.41, 5.74) is -0.735. The highest BCUT2D eigenvalue weighted by Gasteiger charge is 2.53. The maximum absolute atomic E-state index is 12.3. The molecule has 0 saturated carbocycles. The minimum Gasteiger partial charge on any atom is -0.339 e. The normalized spacial score (nSPS) is 14.6. The van der Waals surface area contributed by atoms with Crippen LogP contribution in [-0.4, -0.2) is 38.7 Å². The zero-order chi connectivity index (χ0) is 19.2. The van der Waals surface area contributed by atoms with Crippen LogP contribution in [0, 0.1) is 0 Å². The van der Waals surface area contributed by atoms with Gasteiger partial charge in [-0.05, 0) is 25.8 Å². The van der Waals surface area contributed by atoms with Gasteiger partial charge in [-0.1, -0.05) is 64.9 Å². The van der Waals surface area contributed by atoms with Crippen LogP contribution in [-0.2, 0) is 19.0 Å². The van der Waals surface area contributed by atoms with Crippen molar-refractivity contribution < 1.29 is 19.0 Å². The van der Waals surface area contributed by atoms with Crippen molar-refractivity contribution in [2.75, 3.05) is 21.3 Å². The summed E-state index contributed by atoms with van der Waals surface area (Å²) < 4.78 is 16.9. The molecule has 0 rings (SSSR count). The highest BCUT2D eigenvalue weighted by atomic mass is 16.9. The van der Waals surface area contributed by atoms with Crippen molar-refractivity contribution in [2.45, 2.75) is 90.1 Å². The van der Waals surface area contributed by atoms with Crippen molar-refractivity contribution in [1.29, 1.82) is 0 Å². The Morgan fingerprint density at radius 2 is 1.44 bits per heavy atom. The SMILES string of the molecule is CC=CC(=O)NC(CCC)(CCCCCCCC)C(OC)(OC)OC. The van der Waals surface area contributed by atoms with Crippen LogP contribution < -0.4 is 5.32 Å². The van der Waals surface area contributed by atoms with Gasteiger partial charge in [-0.2, -0.15) is 0 Å². The lowest BCUT2D eigenvalue weighted by Crippen LogP contribution is -2.67. The van der Waals surface area contributed by atoms with Crippen LogP contribution in [0.15, 0.2) is 12.2 Å². The largest absolute Gasteiger partial charge is 0.339 e. The fourth-order valence-electron chi connectivity index (χ4n) is 3.53. The summed E-state index contributed by atoms with van der Waals surface area (Å²) in [6, 6.07) is 0. The lowest BCUT2D eigenvalue weighted by atomic mass is 9.84. The Hall–Kier alpha value is -0.910. The highest BCUT2D eigenvalue weighted by Crippen LogP contribution is 2.37.